The fraction of sp³-hybridized carbons (Fsp3) is 0.812. The van der Waals surface area contributed by atoms with E-state index in [1.54, 1.807) is 0 Å². The third-order valence-corrected chi connectivity index (χ3v) is 4.85. The Kier molecular flexibility index (Phi) is 5.08. The molecule has 0 aromatic carbocycles. The molecule has 0 N–H and O–H groups in total. The molecule has 22 heavy (non-hydrogen) atoms. The molecule has 1 amide bonds. The second-order valence-corrected chi connectivity index (χ2v) is 6.47. The van der Waals surface area contributed by atoms with E-state index in [-0.39, 0.29) is 0 Å². The maximum Gasteiger partial charge on any atom is 0.225 e. The predicted molar refractivity (Wildman–Crippen MR) is 82.3 cm³/mol. The highest BCUT2D eigenvalue weighted by atomic mass is 16.4. The largest absolute Gasteiger partial charge is 0.426 e. The summed E-state index contributed by atoms with van der Waals surface area (Å²) in [5.41, 5.74) is 0. The highest BCUT2D eigenvalue weighted by Gasteiger charge is 2.28. The van der Waals surface area contributed by atoms with Crippen molar-refractivity contribution in [2.24, 2.45) is 5.92 Å². The summed E-state index contributed by atoms with van der Waals surface area (Å²) < 4.78 is 5.40. The van der Waals surface area contributed by atoms with E-state index in [4.69, 9.17) is 4.42 Å². The van der Waals surface area contributed by atoms with Crippen LogP contribution in [0.1, 0.15) is 43.9 Å². The van der Waals surface area contributed by atoms with Gasteiger partial charge in [0.2, 0.25) is 17.7 Å². The van der Waals surface area contributed by atoms with Gasteiger partial charge in [-0.25, -0.2) is 0 Å². The SMILES string of the molecule is Cc1nnc(CCN2CCN(C(=O)C3CCCCC3)CC2)o1. The van der Waals surface area contributed by atoms with Gasteiger partial charge in [-0.2, -0.15) is 0 Å². The van der Waals surface area contributed by atoms with Crippen LogP contribution in [0.25, 0.3) is 0 Å². The lowest BCUT2D eigenvalue weighted by atomic mass is 9.88. The molecule has 3 rings (SSSR count). The van der Waals surface area contributed by atoms with Gasteiger partial charge in [-0.1, -0.05) is 19.3 Å². The van der Waals surface area contributed by atoms with Crippen LogP contribution < -0.4 is 0 Å². The van der Waals surface area contributed by atoms with Gasteiger partial charge in [0.05, 0.1) is 0 Å². The quantitative estimate of drug-likeness (QED) is 0.846. The van der Waals surface area contributed by atoms with Gasteiger partial charge in [-0.15, -0.1) is 10.2 Å². The second kappa shape index (κ2) is 7.22. The lowest BCUT2D eigenvalue weighted by Gasteiger charge is -2.37. The molecular weight excluding hydrogens is 280 g/mol. The van der Waals surface area contributed by atoms with Gasteiger partial charge in [-0.05, 0) is 12.8 Å². The topological polar surface area (TPSA) is 62.5 Å². The smallest absolute Gasteiger partial charge is 0.225 e. The first-order valence-corrected chi connectivity index (χ1v) is 8.52. The zero-order valence-electron chi connectivity index (χ0n) is 13.5. The lowest BCUT2D eigenvalue weighted by molar-refractivity contribution is -0.138. The van der Waals surface area contributed by atoms with E-state index in [0.29, 0.717) is 23.6 Å². The zero-order valence-corrected chi connectivity index (χ0v) is 13.5. The van der Waals surface area contributed by atoms with Crippen LogP contribution in [0.5, 0.6) is 0 Å². The van der Waals surface area contributed by atoms with Crippen LogP contribution >= 0.6 is 0 Å². The van der Waals surface area contributed by atoms with E-state index in [1.165, 1.54) is 19.3 Å². The number of carbonyl (C=O) groups excluding carboxylic acids is 1. The fourth-order valence-electron chi connectivity index (χ4n) is 3.49. The van der Waals surface area contributed by atoms with Crippen LogP contribution in [0.3, 0.4) is 0 Å². The third kappa shape index (κ3) is 3.85. The maximum absolute atomic E-state index is 12.5. The summed E-state index contributed by atoms with van der Waals surface area (Å²) in [4.78, 5) is 17.0. The summed E-state index contributed by atoms with van der Waals surface area (Å²) in [6.45, 7) is 6.35. The summed E-state index contributed by atoms with van der Waals surface area (Å²) in [6.07, 6.45) is 6.72. The number of piperazine rings is 1. The highest BCUT2D eigenvalue weighted by Crippen LogP contribution is 2.25. The summed E-state index contributed by atoms with van der Waals surface area (Å²) in [6, 6.07) is 0. The van der Waals surface area contributed by atoms with Crippen molar-refractivity contribution >= 4 is 5.91 Å². The van der Waals surface area contributed by atoms with Gasteiger partial charge in [-0.3, -0.25) is 9.69 Å². The van der Waals surface area contributed by atoms with E-state index in [9.17, 15) is 4.79 Å². The molecule has 2 fully saturated rings. The molecule has 1 saturated carbocycles. The summed E-state index contributed by atoms with van der Waals surface area (Å²) in [5, 5.41) is 7.88. The molecular formula is C16H26N4O2. The Balaban J connectivity index is 1.41. The van der Waals surface area contributed by atoms with Crippen LogP contribution in [0, 0.1) is 12.8 Å². The molecule has 6 heteroatoms. The van der Waals surface area contributed by atoms with E-state index in [0.717, 1.165) is 52.0 Å². The number of nitrogens with zero attached hydrogens (tertiary/aromatic N) is 4. The molecule has 0 atom stereocenters. The summed E-state index contributed by atoms with van der Waals surface area (Å²) in [5.74, 6) is 2.02. The van der Waals surface area contributed by atoms with Crippen molar-refractivity contribution in [2.75, 3.05) is 32.7 Å². The van der Waals surface area contributed by atoms with Gasteiger partial charge >= 0.3 is 0 Å². The molecule has 2 aliphatic rings. The van der Waals surface area contributed by atoms with Crippen LogP contribution in [0.4, 0.5) is 0 Å². The minimum Gasteiger partial charge on any atom is -0.426 e. The Labute approximate surface area is 131 Å². The molecule has 122 valence electrons. The van der Waals surface area contributed by atoms with Crippen molar-refractivity contribution in [3.8, 4) is 0 Å². The van der Waals surface area contributed by atoms with Gasteiger partial charge < -0.3 is 9.32 Å². The molecule has 6 nitrogen and oxygen atoms in total. The van der Waals surface area contributed by atoms with Gasteiger partial charge in [0, 0.05) is 52.0 Å². The molecule has 1 aliphatic heterocycles. The zero-order chi connectivity index (χ0) is 15.4. The Hall–Kier alpha value is -1.43. The first kappa shape index (κ1) is 15.5. The minimum atomic E-state index is 0.293. The molecule has 1 aromatic rings. The van der Waals surface area contributed by atoms with Crippen molar-refractivity contribution in [2.45, 2.75) is 45.4 Å². The van der Waals surface area contributed by atoms with E-state index in [1.807, 2.05) is 6.92 Å². The highest BCUT2D eigenvalue weighted by molar-refractivity contribution is 5.79. The van der Waals surface area contributed by atoms with Crippen molar-refractivity contribution in [3.05, 3.63) is 11.8 Å². The standard InChI is InChI=1S/C16H26N4O2/c1-13-17-18-15(22-13)7-8-19-9-11-20(12-10-19)16(21)14-5-3-2-4-6-14/h14H,2-12H2,1H3. The van der Waals surface area contributed by atoms with Crippen LogP contribution in [0.15, 0.2) is 4.42 Å². The van der Waals surface area contributed by atoms with Crippen LogP contribution in [0.2, 0.25) is 0 Å². The van der Waals surface area contributed by atoms with Crippen LogP contribution in [-0.2, 0) is 11.2 Å². The number of hydrogen-bond donors (Lipinski definition) is 0. The number of aryl methyl sites for hydroxylation is 1. The average molecular weight is 306 g/mol. The predicted octanol–water partition coefficient (Wildman–Crippen LogP) is 1.65. The molecule has 0 spiro atoms. The van der Waals surface area contributed by atoms with Crippen molar-refractivity contribution < 1.29 is 9.21 Å². The number of hydrogen-bond acceptors (Lipinski definition) is 5. The Morgan fingerprint density at radius 3 is 2.50 bits per heavy atom. The normalized spacial score (nSPS) is 21.2. The van der Waals surface area contributed by atoms with Gasteiger partial charge in [0.15, 0.2) is 0 Å². The number of rotatable bonds is 4. The second-order valence-electron chi connectivity index (χ2n) is 6.47. The number of aromatic nitrogens is 2. The molecule has 1 aliphatic carbocycles. The molecule has 0 radical (unpaired) electrons. The molecule has 1 aromatic heterocycles. The van der Waals surface area contributed by atoms with Gasteiger partial charge in [0.1, 0.15) is 0 Å². The van der Waals surface area contributed by atoms with Crippen molar-refractivity contribution in [1.82, 2.24) is 20.0 Å². The van der Waals surface area contributed by atoms with Crippen molar-refractivity contribution in [1.29, 1.82) is 0 Å². The Bertz CT molecular complexity index is 488. The Morgan fingerprint density at radius 1 is 1.14 bits per heavy atom. The Morgan fingerprint density at radius 2 is 1.86 bits per heavy atom. The first-order valence-electron chi connectivity index (χ1n) is 8.52. The molecule has 1 saturated heterocycles. The maximum atomic E-state index is 12.5. The number of carbonyl (C=O) groups is 1. The van der Waals surface area contributed by atoms with Crippen LogP contribution in [-0.4, -0.2) is 58.6 Å². The molecule has 0 bridgehead atoms. The fourth-order valence-corrected chi connectivity index (χ4v) is 3.49. The average Bonchev–Trinajstić information content (AvgIpc) is 2.99. The molecule has 0 unspecified atom stereocenters. The van der Waals surface area contributed by atoms with Crippen molar-refractivity contribution in [3.63, 3.8) is 0 Å². The van der Waals surface area contributed by atoms with E-state index >= 15 is 0 Å². The lowest BCUT2D eigenvalue weighted by Crippen LogP contribution is -2.50. The first-order chi connectivity index (χ1) is 10.7. The summed E-state index contributed by atoms with van der Waals surface area (Å²) in [7, 11) is 0. The third-order valence-electron chi connectivity index (χ3n) is 4.85. The van der Waals surface area contributed by atoms with E-state index < -0.39 is 0 Å². The van der Waals surface area contributed by atoms with E-state index in [2.05, 4.69) is 20.0 Å². The molecule has 2 heterocycles. The summed E-state index contributed by atoms with van der Waals surface area (Å²) >= 11 is 0. The minimum absolute atomic E-state index is 0.293. The van der Waals surface area contributed by atoms with Gasteiger partial charge in [0.25, 0.3) is 0 Å². The number of amides is 1. The monoisotopic (exact) mass is 306 g/mol.